The maximum atomic E-state index is 12.9. The van der Waals surface area contributed by atoms with Crippen molar-refractivity contribution >= 4 is 17.5 Å². The van der Waals surface area contributed by atoms with Gasteiger partial charge in [0.05, 0.1) is 17.6 Å². The number of hydrogen-bond acceptors (Lipinski definition) is 5. The Morgan fingerprint density at radius 2 is 1.78 bits per heavy atom. The number of anilines is 1. The Morgan fingerprint density at radius 3 is 2.44 bits per heavy atom. The van der Waals surface area contributed by atoms with Crippen LogP contribution in [0.25, 0.3) is 11.3 Å². The molecule has 164 valence electrons. The quantitative estimate of drug-likeness (QED) is 0.672. The van der Waals surface area contributed by atoms with Gasteiger partial charge in [0, 0.05) is 35.9 Å². The third kappa shape index (κ3) is 4.68. The molecule has 1 atom stereocenters. The van der Waals surface area contributed by atoms with Crippen molar-refractivity contribution in [3.05, 3.63) is 77.7 Å². The summed E-state index contributed by atoms with van der Waals surface area (Å²) in [6, 6.07) is 17.0. The van der Waals surface area contributed by atoms with E-state index >= 15 is 0 Å². The Balaban J connectivity index is 1.50. The highest BCUT2D eigenvalue weighted by molar-refractivity contribution is 6.03. The van der Waals surface area contributed by atoms with Crippen LogP contribution in [0.5, 0.6) is 0 Å². The SMILES string of the molecule is Cc1ncc(-c2ccc(C(=O)N3CCC(N(C)C)C3)cc2)nc1C(=O)Nc1ccccc1. The van der Waals surface area contributed by atoms with Crippen molar-refractivity contribution in [2.24, 2.45) is 0 Å². The lowest BCUT2D eigenvalue weighted by Crippen LogP contribution is -2.34. The Bertz CT molecular complexity index is 1110. The fraction of sp³-hybridized carbons (Fsp3) is 0.280. The van der Waals surface area contributed by atoms with E-state index in [9.17, 15) is 9.59 Å². The molecule has 0 radical (unpaired) electrons. The number of para-hydroxylation sites is 1. The van der Waals surface area contributed by atoms with Crippen LogP contribution >= 0.6 is 0 Å². The number of benzene rings is 2. The summed E-state index contributed by atoms with van der Waals surface area (Å²) in [5.74, 6) is -0.266. The molecule has 0 saturated carbocycles. The molecule has 2 heterocycles. The van der Waals surface area contributed by atoms with Crippen molar-refractivity contribution in [1.82, 2.24) is 19.8 Å². The Labute approximate surface area is 188 Å². The van der Waals surface area contributed by atoms with Crippen LogP contribution in [-0.4, -0.2) is 64.8 Å². The number of amides is 2. The first-order valence-corrected chi connectivity index (χ1v) is 10.7. The number of rotatable bonds is 5. The molecule has 0 bridgehead atoms. The molecular weight excluding hydrogens is 402 g/mol. The highest BCUT2D eigenvalue weighted by Crippen LogP contribution is 2.21. The highest BCUT2D eigenvalue weighted by Gasteiger charge is 2.28. The molecule has 7 heteroatoms. The molecular formula is C25H27N5O2. The topological polar surface area (TPSA) is 78.4 Å². The Morgan fingerprint density at radius 1 is 1.06 bits per heavy atom. The number of aromatic nitrogens is 2. The van der Waals surface area contributed by atoms with Crippen molar-refractivity contribution in [1.29, 1.82) is 0 Å². The third-order valence-corrected chi connectivity index (χ3v) is 5.81. The van der Waals surface area contributed by atoms with Crippen LogP contribution in [0.3, 0.4) is 0 Å². The monoisotopic (exact) mass is 429 g/mol. The summed E-state index contributed by atoms with van der Waals surface area (Å²) < 4.78 is 0. The standard InChI is InChI=1S/C25H27N5O2/c1-17-23(24(31)27-20-7-5-4-6-8-20)28-22(15-26-17)18-9-11-19(12-10-18)25(32)30-14-13-21(16-30)29(2)3/h4-12,15,21H,13-14,16H2,1-3H3,(H,27,31). The number of nitrogens with zero attached hydrogens (tertiary/aromatic N) is 4. The predicted molar refractivity (Wildman–Crippen MR) is 125 cm³/mol. The summed E-state index contributed by atoms with van der Waals surface area (Å²) in [5.41, 5.74) is 3.56. The van der Waals surface area contributed by atoms with Crippen LogP contribution in [0, 0.1) is 6.92 Å². The lowest BCUT2D eigenvalue weighted by Gasteiger charge is -2.20. The third-order valence-electron chi connectivity index (χ3n) is 5.81. The van der Waals surface area contributed by atoms with E-state index in [-0.39, 0.29) is 17.5 Å². The van der Waals surface area contributed by atoms with Crippen molar-refractivity contribution in [3.8, 4) is 11.3 Å². The summed E-state index contributed by atoms with van der Waals surface area (Å²) in [5, 5.41) is 2.85. The number of hydrogen-bond donors (Lipinski definition) is 1. The smallest absolute Gasteiger partial charge is 0.276 e. The summed E-state index contributed by atoms with van der Waals surface area (Å²) in [6.45, 7) is 3.28. The number of likely N-dealkylation sites (N-methyl/N-ethyl adjacent to an activating group) is 1. The van der Waals surface area contributed by atoms with E-state index in [1.54, 1.807) is 13.1 Å². The summed E-state index contributed by atoms with van der Waals surface area (Å²) >= 11 is 0. The molecule has 2 amide bonds. The molecule has 1 aliphatic heterocycles. The van der Waals surface area contributed by atoms with E-state index in [2.05, 4.69) is 20.2 Å². The van der Waals surface area contributed by atoms with Gasteiger partial charge >= 0.3 is 0 Å². The summed E-state index contributed by atoms with van der Waals surface area (Å²) in [6.07, 6.45) is 2.64. The second kappa shape index (κ2) is 9.28. The molecule has 0 aliphatic carbocycles. The number of nitrogens with one attached hydrogen (secondary N) is 1. The fourth-order valence-electron chi connectivity index (χ4n) is 3.83. The first kappa shape index (κ1) is 21.6. The van der Waals surface area contributed by atoms with Gasteiger partial charge in [-0.25, -0.2) is 4.98 Å². The predicted octanol–water partition coefficient (Wildman–Crippen LogP) is 3.48. The number of carbonyl (C=O) groups is 2. The van der Waals surface area contributed by atoms with E-state index in [0.29, 0.717) is 28.7 Å². The van der Waals surface area contributed by atoms with Crippen LogP contribution in [0.1, 0.15) is 33.0 Å². The lowest BCUT2D eigenvalue weighted by molar-refractivity contribution is 0.0783. The van der Waals surface area contributed by atoms with Crippen LogP contribution < -0.4 is 5.32 Å². The average Bonchev–Trinajstić information content (AvgIpc) is 3.30. The maximum Gasteiger partial charge on any atom is 0.276 e. The highest BCUT2D eigenvalue weighted by atomic mass is 16.2. The van der Waals surface area contributed by atoms with Gasteiger partial charge in [-0.05, 0) is 51.7 Å². The Kier molecular flexibility index (Phi) is 6.28. The molecule has 4 rings (SSSR count). The summed E-state index contributed by atoms with van der Waals surface area (Å²) in [7, 11) is 4.09. The fourth-order valence-corrected chi connectivity index (χ4v) is 3.83. The number of aryl methyl sites for hydroxylation is 1. The molecule has 7 nitrogen and oxygen atoms in total. The number of carbonyl (C=O) groups excluding carboxylic acids is 2. The van der Waals surface area contributed by atoms with E-state index in [0.717, 1.165) is 25.1 Å². The van der Waals surface area contributed by atoms with E-state index in [1.807, 2.05) is 73.6 Å². The van der Waals surface area contributed by atoms with Crippen LogP contribution in [0.2, 0.25) is 0 Å². The van der Waals surface area contributed by atoms with Crippen molar-refractivity contribution in [2.75, 3.05) is 32.5 Å². The van der Waals surface area contributed by atoms with Gasteiger partial charge in [-0.3, -0.25) is 14.6 Å². The molecule has 2 aromatic carbocycles. The maximum absolute atomic E-state index is 12.9. The second-order valence-corrected chi connectivity index (χ2v) is 8.24. The van der Waals surface area contributed by atoms with Crippen LogP contribution in [0.4, 0.5) is 5.69 Å². The number of likely N-dealkylation sites (tertiary alicyclic amines) is 1. The molecule has 1 aromatic heterocycles. The van der Waals surface area contributed by atoms with E-state index in [4.69, 9.17) is 0 Å². The van der Waals surface area contributed by atoms with Gasteiger partial charge < -0.3 is 15.1 Å². The van der Waals surface area contributed by atoms with Crippen LogP contribution in [-0.2, 0) is 0 Å². The minimum atomic E-state index is -0.306. The first-order valence-electron chi connectivity index (χ1n) is 10.7. The zero-order valence-corrected chi connectivity index (χ0v) is 18.6. The van der Waals surface area contributed by atoms with Gasteiger partial charge in [0.25, 0.3) is 11.8 Å². The second-order valence-electron chi connectivity index (χ2n) is 8.24. The largest absolute Gasteiger partial charge is 0.337 e. The molecule has 1 aliphatic rings. The molecule has 1 unspecified atom stereocenters. The molecule has 1 N–H and O–H groups in total. The first-order chi connectivity index (χ1) is 15.4. The normalized spacial score (nSPS) is 15.8. The van der Waals surface area contributed by atoms with Crippen molar-refractivity contribution in [3.63, 3.8) is 0 Å². The van der Waals surface area contributed by atoms with Crippen LogP contribution in [0.15, 0.2) is 60.8 Å². The van der Waals surface area contributed by atoms with Gasteiger partial charge in [0.15, 0.2) is 0 Å². The van der Waals surface area contributed by atoms with Crippen molar-refractivity contribution in [2.45, 2.75) is 19.4 Å². The van der Waals surface area contributed by atoms with Crippen molar-refractivity contribution < 1.29 is 9.59 Å². The molecule has 3 aromatic rings. The van der Waals surface area contributed by atoms with Gasteiger partial charge in [0.1, 0.15) is 5.69 Å². The van der Waals surface area contributed by atoms with E-state index < -0.39 is 0 Å². The van der Waals surface area contributed by atoms with Gasteiger partial charge in [0.2, 0.25) is 0 Å². The summed E-state index contributed by atoms with van der Waals surface area (Å²) in [4.78, 5) is 38.5. The zero-order valence-electron chi connectivity index (χ0n) is 18.6. The molecule has 1 saturated heterocycles. The minimum Gasteiger partial charge on any atom is -0.337 e. The van der Waals surface area contributed by atoms with E-state index in [1.165, 1.54) is 0 Å². The average molecular weight is 430 g/mol. The minimum absolute atomic E-state index is 0.0406. The van der Waals surface area contributed by atoms with Gasteiger partial charge in [-0.2, -0.15) is 0 Å². The Hall–Kier alpha value is -3.58. The molecule has 32 heavy (non-hydrogen) atoms. The molecule has 1 fully saturated rings. The molecule has 0 spiro atoms. The van der Waals surface area contributed by atoms with Gasteiger partial charge in [-0.15, -0.1) is 0 Å². The van der Waals surface area contributed by atoms with Gasteiger partial charge in [-0.1, -0.05) is 30.3 Å². The zero-order chi connectivity index (χ0) is 22.7. The lowest BCUT2D eigenvalue weighted by atomic mass is 10.1.